The van der Waals surface area contributed by atoms with Crippen molar-refractivity contribution in [1.82, 2.24) is 4.98 Å². The number of hydrogen-bond acceptors (Lipinski definition) is 1. The van der Waals surface area contributed by atoms with Gasteiger partial charge in [0.05, 0.1) is 0 Å². The van der Waals surface area contributed by atoms with Crippen LogP contribution in [0.15, 0.2) is 47.5 Å². The molecule has 0 saturated carbocycles. The molecule has 0 amide bonds. The smallest absolute Gasteiger partial charge is 0.189 e. The lowest BCUT2D eigenvalue weighted by molar-refractivity contribution is 0.628. The van der Waals surface area contributed by atoms with E-state index in [1.165, 1.54) is 18.2 Å². The van der Waals surface area contributed by atoms with Crippen LogP contribution in [0.4, 0.5) is 4.39 Å². The second-order valence-electron chi connectivity index (χ2n) is 2.93. The third-order valence-electron chi connectivity index (χ3n) is 1.98. The Bertz CT molecular complexity index is 487. The van der Waals surface area contributed by atoms with E-state index in [4.69, 9.17) is 0 Å². The summed E-state index contributed by atoms with van der Waals surface area (Å²) in [6.45, 7) is 0. The van der Waals surface area contributed by atoms with Gasteiger partial charge in [-0.1, -0.05) is 12.1 Å². The highest BCUT2D eigenvalue weighted by atomic mass is 19.1. The molecule has 0 spiro atoms. The van der Waals surface area contributed by atoms with E-state index in [-0.39, 0.29) is 11.2 Å². The summed E-state index contributed by atoms with van der Waals surface area (Å²) >= 11 is 0. The standard InChI is InChI=1S/C11H8FNO/c12-9-3-1-8(2-4-9)10-7-13-6-5-11(10)14/h1-7H,(H,13,14). The predicted molar refractivity (Wildman–Crippen MR) is 52.5 cm³/mol. The minimum Gasteiger partial charge on any atom is -0.367 e. The van der Waals surface area contributed by atoms with Crippen LogP contribution in [-0.4, -0.2) is 4.98 Å². The fourth-order valence-corrected chi connectivity index (χ4v) is 1.27. The molecule has 70 valence electrons. The van der Waals surface area contributed by atoms with Crippen molar-refractivity contribution in [1.29, 1.82) is 0 Å². The Kier molecular flexibility index (Phi) is 2.14. The molecule has 0 aliphatic heterocycles. The SMILES string of the molecule is O=c1cc[nH]cc1-c1ccc(F)cc1. The number of hydrogen-bond donors (Lipinski definition) is 1. The second-order valence-corrected chi connectivity index (χ2v) is 2.93. The number of nitrogens with one attached hydrogen (secondary N) is 1. The zero-order chi connectivity index (χ0) is 9.97. The van der Waals surface area contributed by atoms with Gasteiger partial charge in [-0.25, -0.2) is 4.39 Å². The van der Waals surface area contributed by atoms with Crippen molar-refractivity contribution in [2.45, 2.75) is 0 Å². The third kappa shape index (κ3) is 1.57. The van der Waals surface area contributed by atoms with Crippen molar-refractivity contribution >= 4 is 0 Å². The molecule has 1 heterocycles. The average molecular weight is 189 g/mol. The molecule has 0 unspecified atom stereocenters. The van der Waals surface area contributed by atoms with Gasteiger partial charge in [0.1, 0.15) is 5.82 Å². The van der Waals surface area contributed by atoms with Crippen molar-refractivity contribution in [3.63, 3.8) is 0 Å². The van der Waals surface area contributed by atoms with Crippen LogP contribution in [0, 0.1) is 5.82 Å². The molecular weight excluding hydrogens is 181 g/mol. The first-order chi connectivity index (χ1) is 6.77. The molecule has 0 radical (unpaired) electrons. The number of aromatic amines is 1. The van der Waals surface area contributed by atoms with Gasteiger partial charge < -0.3 is 4.98 Å². The van der Waals surface area contributed by atoms with E-state index in [1.807, 2.05) is 0 Å². The molecule has 0 saturated heterocycles. The quantitative estimate of drug-likeness (QED) is 0.732. The molecule has 2 nitrogen and oxygen atoms in total. The van der Waals surface area contributed by atoms with Gasteiger partial charge in [-0.2, -0.15) is 0 Å². The van der Waals surface area contributed by atoms with Gasteiger partial charge in [-0.3, -0.25) is 4.79 Å². The summed E-state index contributed by atoms with van der Waals surface area (Å²) in [5.41, 5.74) is 1.19. The number of pyridine rings is 1. The van der Waals surface area contributed by atoms with E-state index in [9.17, 15) is 9.18 Å². The second kappa shape index (κ2) is 3.46. The van der Waals surface area contributed by atoms with Crippen molar-refractivity contribution in [3.8, 4) is 11.1 Å². The Morgan fingerprint density at radius 1 is 1.07 bits per heavy atom. The Labute approximate surface area is 80.0 Å². The molecule has 1 aromatic heterocycles. The van der Waals surface area contributed by atoms with Crippen molar-refractivity contribution in [2.24, 2.45) is 0 Å². The zero-order valence-corrected chi connectivity index (χ0v) is 7.33. The molecule has 0 aliphatic rings. The van der Waals surface area contributed by atoms with Crippen LogP contribution in [0.2, 0.25) is 0 Å². The molecule has 2 rings (SSSR count). The number of halogens is 1. The first kappa shape index (κ1) is 8.69. The molecule has 0 atom stereocenters. The lowest BCUT2D eigenvalue weighted by atomic mass is 10.1. The monoisotopic (exact) mass is 189 g/mol. The molecule has 14 heavy (non-hydrogen) atoms. The predicted octanol–water partition coefficient (Wildman–Crippen LogP) is 2.18. The van der Waals surface area contributed by atoms with Crippen molar-refractivity contribution < 1.29 is 4.39 Å². The highest BCUT2D eigenvalue weighted by Gasteiger charge is 2.00. The summed E-state index contributed by atoms with van der Waals surface area (Å²) in [5.74, 6) is -0.305. The Morgan fingerprint density at radius 2 is 1.79 bits per heavy atom. The Morgan fingerprint density at radius 3 is 2.43 bits per heavy atom. The highest BCUT2D eigenvalue weighted by Crippen LogP contribution is 2.14. The minimum atomic E-state index is -0.305. The maximum Gasteiger partial charge on any atom is 0.189 e. The maximum atomic E-state index is 12.6. The van der Waals surface area contributed by atoms with Gasteiger partial charge in [-0.15, -0.1) is 0 Å². The van der Waals surface area contributed by atoms with E-state index in [0.29, 0.717) is 11.1 Å². The van der Waals surface area contributed by atoms with Gasteiger partial charge in [0.15, 0.2) is 5.43 Å². The zero-order valence-electron chi connectivity index (χ0n) is 7.33. The van der Waals surface area contributed by atoms with Crippen molar-refractivity contribution in [3.05, 3.63) is 58.8 Å². The highest BCUT2D eigenvalue weighted by molar-refractivity contribution is 5.61. The van der Waals surface area contributed by atoms with Gasteiger partial charge in [0, 0.05) is 24.0 Å². The topological polar surface area (TPSA) is 32.9 Å². The fraction of sp³-hybridized carbons (Fsp3) is 0. The summed E-state index contributed by atoms with van der Waals surface area (Å²) in [5, 5.41) is 0. The van der Waals surface area contributed by atoms with Gasteiger partial charge in [0.2, 0.25) is 0 Å². The summed E-state index contributed by atoms with van der Waals surface area (Å²) in [6.07, 6.45) is 3.17. The van der Waals surface area contributed by atoms with Crippen LogP contribution in [-0.2, 0) is 0 Å². The maximum absolute atomic E-state index is 12.6. The summed E-state index contributed by atoms with van der Waals surface area (Å²) in [6, 6.07) is 7.28. The molecule has 0 bridgehead atoms. The lowest BCUT2D eigenvalue weighted by Crippen LogP contribution is -2.02. The molecule has 2 aromatic rings. The lowest BCUT2D eigenvalue weighted by Gasteiger charge is -1.98. The van der Waals surface area contributed by atoms with Gasteiger partial charge in [-0.05, 0) is 17.7 Å². The number of rotatable bonds is 1. The third-order valence-corrected chi connectivity index (χ3v) is 1.98. The normalized spacial score (nSPS) is 10.1. The summed E-state index contributed by atoms with van der Waals surface area (Å²) in [7, 11) is 0. The van der Waals surface area contributed by atoms with Gasteiger partial charge >= 0.3 is 0 Å². The van der Waals surface area contributed by atoms with Crippen LogP contribution in [0.3, 0.4) is 0 Å². The van der Waals surface area contributed by atoms with Crippen LogP contribution >= 0.6 is 0 Å². The summed E-state index contributed by atoms with van der Waals surface area (Å²) in [4.78, 5) is 14.2. The number of H-pyrrole nitrogens is 1. The molecule has 0 fully saturated rings. The Balaban J connectivity index is 2.56. The first-order valence-electron chi connectivity index (χ1n) is 4.20. The van der Waals surface area contributed by atoms with E-state index in [0.717, 1.165) is 0 Å². The molecular formula is C11H8FNO. The molecule has 3 heteroatoms. The minimum absolute atomic E-state index is 0.0737. The first-order valence-corrected chi connectivity index (χ1v) is 4.20. The number of benzene rings is 1. The van der Waals surface area contributed by atoms with Crippen LogP contribution in [0.1, 0.15) is 0 Å². The van der Waals surface area contributed by atoms with Crippen LogP contribution < -0.4 is 5.43 Å². The van der Waals surface area contributed by atoms with E-state index in [2.05, 4.69) is 4.98 Å². The fourth-order valence-electron chi connectivity index (χ4n) is 1.27. The van der Waals surface area contributed by atoms with E-state index >= 15 is 0 Å². The van der Waals surface area contributed by atoms with E-state index in [1.54, 1.807) is 24.5 Å². The van der Waals surface area contributed by atoms with Crippen LogP contribution in [0.25, 0.3) is 11.1 Å². The van der Waals surface area contributed by atoms with Crippen LogP contribution in [0.5, 0.6) is 0 Å². The largest absolute Gasteiger partial charge is 0.367 e. The molecule has 0 aliphatic carbocycles. The van der Waals surface area contributed by atoms with Gasteiger partial charge in [0.25, 0.3) is 0 Å². The molecule has 1 aromatic carbocycles. The number of aromatic nitrogens is 1. The average Bonchev–Trinajstić information content (AvgIpc) is 2.20. The van der Waals surface area contributed by atoms with Crippen molar-refractivity contribution in [2.75, 3.05) is 0 Å². The summed E-state index contributed by atoms with van der Waals surface area (Å²) < 4.78 is 12.6. The molecule has 1 N–H and O–H groups in total. The van der Waals surface area contributed by atoms with E-state index < -0.39 is 0 Å². The Hall–Kier alpha value is -1.90.